The Balaban J connectivity index is 2.26. The Hall–Kier alpha value is -1.34. The Morgan fingerprint density at radius 2 is 1.50 bits per heavy atom. The Bertz CT molecular complexity index is 517. The number of alkyl halides is 1. The summed E-state index contributed by atoms with van der Waals surface area (Å²) in [6.45, 7) is 4.31. The molecule has 0 amide bonds. The highest BCUT2D eigenvalue weighted by Gasteiger charge is 2.11. The van der Waals surface area contributed by atoms with E-state index in [0.29, 0.717) is 5.92 Å². The molecule has 0 bridgehead atoms. The largest absolute Gasteiger partial charge is 0.207 e. The van der Waals surface area contributed by atoms with Crippen LogP contribution in [0.2, 0.25) is 0 Å². The van der Waals surface area contributed by atoms with Crippen LogP contribution in [-0.4, -0.2) is 0 Å². The van der Waals surface area contributed by atoms with Crippen LogP contribution in [0.1, 0.15) is 41.8 Å². The molecule has 18 heavy (non-hydrogen) atoms. The first kappa shape index (κ1) is 13.1. The number of rotatable bonds is 3. The van der Waals surface area contributed by atoms with Gasteiger partial charge in [-0.15, -0.1) is 11.6 Å². The van der Waals surface area contributed by atoms with Gasteiger partial charge in [0.25, 0.3) is 0 Å². The second-order valence-corrected chi connectivity index (χ2v) is 5.18. The van der Waals surface area contributed by atoms with E-state index in [0.717, 1.165) is 11.1 Å². The molecule has 2 aromatic carbocycles. The van der Waals surface area contributed by atoms with Gasteiger partial charge >= 0.3 is 0 Å². The third-order valence-electron chi connectivity index (χ3n) is 3.04. The van der Waals surface area contributed by atoms with Crippen LogP contribution in [0.5, 0.6) is 0 Å². The van der Waals surface area contributed by atoms with Crippen LogP contribution < -0.4 is 0 Å². The summed E-state index contributed by atoms with van der Waals surface area (Å²) in [5.74, 6) is 0.249. The highest BCUT2D eigenvalue weighted by molar-refractivity contribution is 6.22. The highest BCUT2D eigenvalue weighted by Crippen LogP contribution is 2.29. The van der Waals surface area contributed by atoms with E-state index >= 15 is 0 Å². The van der Waals surface area contributed by atoms with E-state index in [2.05, 4.69) is 26.0 Å². The molecule has 94 valence electrons. The van der Waals surface area contributed by atoms with Gasteiger partial charge in [-0.05, 0) is 34.7 Å². The molecule has 0 aromatic heterocycles. The minimum atomic E-state index is -0.304. The van der Waals surface area contributed by atoms with E-state index in [1.807, 2.05) is 18.2 Å². The molecular weight excluding hydrogens is 247 g/mol. The third-order valence-corrected chi connectivity index (χ3v) is 3.54. The van der Waals surface area contributed by atoms with Crippen molar-refractivity contribution in [3.05, 3.63) is 71.0 Å². The molecule has 2 aromatic rings. The van der Waals surface area contributed by atoms with Crippen LogP contribution >= 0.6 is 11.6 Å². The number of hydrogen-bond acceptors (Lipinski definition) is 0. The van der Waals surface area contributed by atoms with Gasteiger partial charge in [-0.25, -0.2) is 4.39 Å². The zero-order chi connectivity index (χ0) is 13.1. The maximum Gasteiger partial charge on any atom is 0.123 e. The van der Waals surface area contributed by atoms with Crippen molar-refractivity contribution in [2.45, 2.75) is 25.1 Å². The second-order valence-electron chi connectivity index (χ2n) is 4.74. The Kier molecular flexibility index (Phi) is 4.03. The van der Waals surface area contributed by atoms with E-state index in [9.17, 15) is 4.39 Å². The topological polar surface area (TPSA) is 0 Å². The molecule has 0 spiro atoms. The predicted octanol–water partition coefficient (Wildman–Crippen LogP) is 5.28. The predicted molar refractivity (Wildman–Crippen MR) is 74.6 cm³/mol. The first-order valence-electron chi connectivity index (χ1n) is 6.07. The summed E-state index contributed by atoms with van der Waals surface area (Å²) in [4.78, 5) is 0. The van der Waals surface area contributed by atoms with Crippen molar-refractivity contribution in [1.82, 2.24) is 0 Å². The molecule has 0 nitrogen and oxygen atoms in total. The molecule has 1 atom stereocenters. The van der Waals surface area contributed by atoms with Gasteiger partial charge in [-0.3, -0.25) is 0 Å². The zero-order valence-corrected chi connectivity index (χ0v) is 11.3. The van der Waals surface area contributed by atoms with Gasteiger partial charge in [0, 0.05) is 0 Å². The van der Waals surface area contributed by atoms with Crippen molar-refractivity contribution in [1.29, 1.82) is 0 Å². The van der Waals surface area contributed by atoms with E-state index in [-0.39, 0.29) is 11.2 Å². The SMILES string of the molecule is CC(C)c1ccc(C(Cl)c2cccc(F)c2)cc1. The molecule has 0 heterocycles. The summed E-state index contributed by atoms with van der Waals surface area (Å²) in [5, 5.41) is -0.304. The summed E-state index contributed by atoms with van der Waals surface area (Å²) >= 11 is 6.37. The van der Waals surface area contributed by atoms with E-state index < -0.39 is 0 Å². The Morgan fingerprint density at radius 3 is 2.06 bits per heavy atom. The van der Waals surface area contributed by atoms with Crippen molar-refractivity contribution >= 4 is 11.6 Å². The first-order chi connectivity index (χ1) is 8.58. The summed E-state index contributed by atoms with van der Waals surface area (Å²) in [6, 6.07) is 14.6. The Morgan fingerprint density at radius 1 is 0.889 bits per heavy atom. The summed E-state index contributed by atoms with van der Waals surface area (Å²) in [7, 11) is 0. The van der Waals surface area contributed by atoms with Crippen LogP contribution in [0.3, 0.4) is 0 Å². The highest BCUT2D eigenvalue weighted by atomic mass is 35.5. The van der Waals surface area contributed by atoms with Crippen LogP contribution in [0.4, 0.5) is 4.39 Å². The summed E-state index contributed by atoms with van der Waals surface area (Å²) < 4.78 is 13.2. The average molecular weight is 263 g/mol. The molecule has 2 heteroatoms. The van der Waals surface area contributed by atoms with Gasteiger partial charge in [0.05, 0.1) is 5.38 Å². The fraction of sp³-hybridized carbons (Fsp3) is 0.250. The maximum absolute atomic E-state index is 13.2. The Labute approximate surface area is 112 Å². The van der Waals surface area contributed by atoms with Gasteiger partial charge in [0.1, 0.15) is 5.82 Å². The molecule has 1 unspecified atom stereocenters. The lowest BCUT2D eigenvalue weighted by Gasteiger charge is -2.12. The van der Waals surface area contributed by atoms with Crippen LogP contribution in [-0.2, 0) is 0 Å². The van der Waals surface area contributed by atoms with Gasteiger partial charge in [0.2, 0.25) is 0 Å². The smallest absolute Gasteiger partial charge is 0.123 e. The second kappa shape index (κ2) is 5.53. The molecule has 0 saturated carbocycles. The van der Waals surface area contributed by atoms with Crippen LogP contribution in [0, 0.1) is 5.82 Å². The van der Waals surface area contributed by atoms with Crippen molar-refractivity contribution < 1.29 is 4.39 Å². The van der Waals surface area contributed by atoms with E-state index in [1.54, 1.807) is 6.07 Å². The molecule has 0 N–H and O–H groups in total. The van der Waals surface area contributed by atoms with Crippen LogP contribution in [0.25, 0.3) is 0 Å². The van der Waals surface area contributed by atoms with Crippen molar-refractivity contribution in [2.75, 3.05) is 0 Å². The minimum absolute atomic E-state index is 0.253. The van der Waals surface area contributed by atoms with Gasteiger partial charge in [-0.2, -0.15) is 0 Å². The molecule has 0 aliphatic heterocycles. The average Bonchev–Trinajstić information content (AvgIpc) is 2.38. The standard InChI is InChI=1S/C16H16ClF/c1-11(2)12-6-8-13(9-7-12)16(17)14-4-3-5-15(18)10-14/h3-11,16H,1-2H3. The minimum Gasteiger partial charge on any atom is -0.207 e. The molecule has 0 fully saturated rings. The van der Waals surface area contributed by atoms with Crippen LogP contribution in [0.15, 0.2) is 48.5 Å². The first-order valence-corrected chi connectivity index (χ1v) is 6.51. The van der Waals surface area contributed by atoms with E-state index in [1.165, 1.54) is 17.7 Å². The van der Waals surface area contributed by atoms with Gasteiger partial charge < -0.3 is 0 Å². The maximum atomic E-state index is 13.2. The molecule has 0 saturated heterocycles. The lowest BCUT2D eigenvalue weighted by molar-refractivity contribution is 0.626. The number of benzene rings is 2. The normalized spacial score (nSPS) is 12.7. The van der Waals surface area contributed by atoms with Crippen molar-refractivity contribution in [3.63, 3.8) is 0 Å². The quantitative estimate of drug-likeness (QED) is 0.661. The zero-order valence-electron chi connectivity index (χ0n) is 10.5. The fourth-order valence-corrected chi connectivity index (χ4v) is 2.19. The fourth-order valence-electron chi connectivity index (χ4n) is 1.91. The van der Waals surface area contributed by atoms with Crippen molar-refractivity contribution in [3.8, 4) is 0 Å². The van der Waals surface area contributed by atoms with Gasteiger partial charge in [-0.1, -0.05) is 50.2 Å². The lowest BCUT2D eigenvalue weighted by atomic mass is 9.98. The lowest BCUT2D eigenvalue weighted by Crippen LogP contribution is -1.95. The number of halogens is 2. The molecular formula is C16H16ClF. The molecule has 0 radical (unpaired) electrons. The summed E-state index contributed by atoms with van der Waals surface area (Å²) in [5.41, 5.74) is 3.06. The molecule has 0 aliphatic carbocycles. The molecule has 2 rings (SSSR count). The summed E-state index contributed by atoms with van der Waals surface area (Å²) in [6.07, 6.45) is 0. The third kappa shape index (κ3) is 2.91. The van der Waals surface area contributed by atoms with Crippen molar-refractivity contribution in [2.24, 2.45) is 0 Å². The molecule has 0 aliphatic rings. The van der Waals surface area contributed by atoms with E-state index in [4.69, 9.17) is 11.6 Å². The monoisotopic (exact) mass is 262 g/mol. The number of hydrogen-bond donors (Lipinski definition) is 0. The van der Waals surface area contributed by atoms with Gasteiger partial charge in [0.15, 0.2) is 0 Å².